The molecular formula is C49H38OS. The van der Waals surface area contributed by atoms with Crippen molar-refractivity contribution in [2.45, 2.75) is 20.8 Å². The van der Waals surface area contributed by atoms with Gasteiger partial charge < -0.3 is 5.11 Å². The number of hydrogen-bond donors (Lipinski definition) is 1. The minimum atomic E-state index is 0.190. The molecule has 0 fully saturated rings. The van der Waals surface area contributed by atoms with Gasteiger partial charge in [0.25, 0.3) is 0 Å². The van der Waals surface area contributed by atoms with Crippen LogP contribution in [0.5, 0.6) is 0 Å². The molecule has 246 valence electrons. The van der Waals surface area contributed by atoms with Crippen molar-refractivity contribution in [2.24, 2.45) is 0 Å². The first kappa shape index (κ1) is 33.4. The number of aliphatic hydroxyl groups is 1. The second-order valence-electron chi connectivity index (χ2n) is 12.5. The molecule has 2 heteroatoms. The van der Waals surface area contributed by atoms with Crippen molar-refractivity contribution in [3.8, 4) is 34.6 Å². The Morgan fingerprint density at radius 3 is 2.08 bits per heavy atom. The Labute approximate surface area is 304 Å². The zero-order valence-electron chi connectivity index (χ0n) is 29.1. The molecule has 1 N–H and O–H groups in total. The molecule has 0 aliphatic heterocycles. The molecule has 0 spiro atoms. The van der Waals surface area contributed by atoms with Crippen molar-refractivity contribution in [2.75, 3.05) is 0 Å². The van der Waals surface area contributed by atoms with E-state index in [-0.39, 0.29) is 5.76 Å². The summed E-state index contributed by atoms with van der Waals surface area (Å²) in [5.74, 6) is 3.19. The first-order valence-corrected chi connectivity index (χ1v) is 18.0. The van der Waals surface area contributed by atoms with Gasteiger partial charge in [0.15, 0.2) is 0 Å². The number of allylic oxidation sites excluding steroid dienone is 4. The Balaban J connectivity index is 1.60. The summed E-state index contributed by atoms with van der Waals surface area (Å²) in [6.07, 6.45) is 14.4. The molecule has 0 amide bonds. The van der Waals surface area contributed by atoms with Crippen LogP contribution in [0.25, 0.3) is 72.2 Å². The van der Waals surface area contributed by atoms with Gasteiger partial charge in [0.2, 0.25) is 0 Å². The number of benzene rings is 6. The van der Waals surface area contributed by atoms with Gasteiger partial charge in [-0.25, -0.2) is 0 Å². The first-order chi connectivity index (χ1) is 25.0. The molecule has 0 bridgehead atoms. The van der Waals surface area contributed by atoms with Crippen LogP contribution < -0.4 is 0 Å². The van der Waals surface area contributed by atoms with Gasteiger partial charge in [-0.2, -0.15) is 0 Å². The number of thiophene rings is 1. The predicted octanol–water partition coefficient (Wildman–Crippen LogP) is 13.9. The van der Waals surface area contributed by atoms with Gasteiger partial charge in [-0.3, -0.25) is 0 Å². The minimum Gasteiger partial charge on any atom is -0.507 e. The van der Waals surface area contributed by atoms with Gasteiger partial charge in [-0.1, -0.05) is 152 Å². The maximum atomic E-state index is 13.1. The van der Waals surface area contributed by atoms with E-state index in [1.165, 1.54) is 0 Å². The van der Waals surface area contributed by atoms with E-state index in [0.717, 1.165) is 92.5 Å². The highest BCUT2D eigenvalue weighted by molar-refractivity contribution is 7.20. The molecule has 1 nitrogen and oxygen atoms in total. The Hall–Kier alpha value is -6.14. The van der Waals surface area contributed by atoms with Crippen LogP contribution in [0.1, 0.15) is 52.1 Å². The first-order valence-electron chi connectivity index (χ1n) is 17.1. The Kier molecular flexibility index (Phi) is 9.40. The smallest absolute Gasteiger partial charge is 0.132 e. The monoisotopic (exact) mass is 674 g/mol. The Bertz CT molecular complexity index is 2580. The molecule has 7 rings (SSSR count). The third kappa shape index (κ3) is 5.93. The molecule has 0 radical (unpaired) electrons. The van der Waals surface area contributed by atoms with Gasteiger partial charge in [0.05, 0.1) is 10.4 Å². The normalized spacial score (nSPS) is 12.3. The number of aryl methyl sites for hydroxylation is 1. The van der Waals surface area contributed by atoms with E-state index in [9.17, 15) is 5.11 Å². The van der Waals surface area contributed by atoms with Crippen molar-refractivity contribution in [1.82, 2.24) is 0 Å². The summed E-state index contributed by atoms with van der Waals surface area (Å²) in [7, 11) is 0. The molecule has 0 saturated carbocycles. The standard InChI is InChI=1S/C49H38OS/c1-6-20-41-36(7-2)45(35-25-19-24-34(31-35)33-22-11-10-12-23-33)42-28-15-16-29-43(42)47(41)48(50)46(39-26-14-13-21-32(39)5)38(9-4)49-37(8-3)40-27-17-18-30-44(40)51-49/h3,6-7,9-31,50H,2H2,1,4-5H3/b20-6-,38-9-,48-46-. The molecule has 0 unspecified atom stereocenters. The van der Waals surface area contributed by atoms with Crippen molar-refractivity contribution in [1.29, 1.82) is 0 Å². The highest BCUT2D eigenvalue weighted by atomic mass is 32.1. The van der Waals surface area contributed by atoms with Crippen LogP contribution in [0.3, 0.4) is 0 Å². The van der Waals surface area contributed by atoms with Crippen LogP contribution in [0.2, 0.25) is 0 Å². The molecule has 1 aromatic heterocycles. The van der Waals surface area contributed by atoms with E-state index in [2.05, 4.69) is 123 Å². The summed E-state index contributed by atoms with van der Waals surface area (Å²) in [5, 5.41) is 16.1. The molecule has 6 aromatic carbocycles. The lowest BCUT2D eigenvalue weighted by Crippen LogP contribution is -2.03. The summed E-state index contributed by atoms with van der Waals surface area (Å²) >= 11 is 1.66. The molecule has 0 aliphatic rings. The maximum absolute atomic E-state index is 13.1. The maximum Gasteiger partial charge on any atom is 0.132 e. The minimum absolute atomic E-state index is 0.190. The average Bonchev–Trinajstić information content (AvgIpc) is 3.55. The van der Waals surface area contributed by atoms with Crippen LogP contribution in [-0.2, 0) is 0 Å². The summed E-state index contributed by atoms with van der Waals surface area (Å²) in [6, 6.07) is 44.0. The lowest BCUT2D eigenvalue weighted by atomic mass is 9.82. The predicted molar refractivity (Wildman–Crippen MR) is 224 cm³/mol. The van der Waals surface area contributed by atoms with Crippen LogP contribution in [-0.4, -0.2) is 5.11 Å². The number of rotatable bonds is 8. The number of fused-ring (bicyclic) bond motifs is 2. The number of aliphatic hydroxyl groups excluding tert-OH is 1. The third-order valence-electron chi connectivity index (χ3n) is 9.52. The summed E-state index contributed by atoms with van der Waals surface area (Å²) in [5.41, 5.74) is 11.5. The van der Waals surface area contributed by atoms with Gasteiger partial charge in [-0.05, 0) is 88.2 Å². The van der Waals surface area contributed by atoms with E-state index in [4.69, 9.17) is 6.42 Å². The molecule has 7 aromatic rings. The van der Waals surface area contributed by atoms with Crippen molar-refractivity contribution >= 4 is 61.3 Å². The van der Waals surface area contributed by atoms with Gasteiger partial charge in [0.1, 0.15) is 5.76 Å². The molecule has 0 aliphatic carbocycles. The Morgan fingerprint density at radius 1 is 0.725 bits per heavy atom. The summed E-state index contributed by atoms with van der Waals surface area (Å²) < 4.78 is 1.11. The highest BCUT2D eigenvalue weighted by Crippen LogP contribution is 2.48. The fraction of sp³-hybridized carbons (Fsp3) is 0.0612. The van der Waals surface area contributed by atoms with Crippen molar-refractivity contribution in [3.63, 3.8) is 0 Å². The lowest BCUT2D eigenvalue weighted by Gasteiger charge is -2.23. The van der Waals surface area contributed by atoms with E-state index in [0.29, 0.717) is 0 Å². The zero-order chi connectivity index (χ0) is 35.5. The van der Waals surface area contributed by atoms with E-state index >= 15 is 0 Å². The summed E-state index contributed by atoms with van der Waals surface area (Å²) in [6.45, 7) is 10.5. The van der Waals surface area contributed by atoms with Gasteiger partial charge in [-0.15, -0.1) is 17.8 Å². The molecule has 1 heterocycles. The molecule has 0 saturated heterocycles. The van der Waals surface area contributed by atoms with Gasteiger partial charge in [0, 0.05) is 26.8 Å². The largest absolute Gasteiger partial charge is 0.507 e. The van der Waals surface area contributed by atoms with E-state index in [1.807, 2.05) is 62.4 Å². The van der Waals surface area contributed by atoms with Crippen LogP contribution >= 0.6 is 11.3 Å². The second-order valence-corrected chi connectivity index (χ2v) is 13.5. The molecular weight excluding hydrogens is 637 g/mol. The van der Waals surface area contributed by atoms with Crippen LogP contribution in [0, 0.1) is 19.3 Å². The topological polar surface area (TPSA) is 20.2 Å². The fourth-order valence-electron chi connectivity index (χ4n) is 7.23. The second kappa shape index (κ2) is 14.4. The lowest BCUT2D eigenvalue weighted by molar-refractivity contribution is 0.515. The average molecular weight is 675 g/mol. The number of hydrogen-bond acceptors (Lipinski definition) is 2. The van der Waals surface area contributed by atoms with E-state index < -0.39 is 0 Å². The number of terminal acetylenes is 1. The summed E-state index contributed by atoms with van der Waals surface area (Å²) in [4.78, 5) is 0.959. The molecule has 51 heavy (non-hydrogen) atoms. The molecule has 0 atom stereocenters. The SMILES string of the molecule is C#Cc1c(C(=C\C)/C(=C(/O)c2c(/C=C\C)c(C=C)c(-c3cccc(-c4ccccc4)c3)c3ccccc23)c2ccccc2C)sc2ccccc12. The van der Waals surface area contributed by atoms with Crippen molar-refractivity contribution < 1.29 is 5.11 Å². The van der Waals surface area contributed by atoms with Gasteiger partial charge >= 0.3 is 0 Å². The highest BCUT2D eigenvalue weighted by Gasteiger charge is 2.27. The quantitative estimate of drug-likeness (QED) is 0.0736. The zero-order valence-corrected chi connectivity index (χ0v) is 29.9. The fourth-order valence-corrected chi connectivity index (χ4v) is 8.47. The van der Waals surface area contributed by atoms with E-state index in [1.54, 1.807) is 11.3 Å². The van der Waals surface area contributed by atoms with Crippen molar-refractivity contribution in [3.05, 3.63) is 184 Å². The van der Waals surface area contributed by atoms with Crippen LogP contribution in [0.4, 0.5) is 0 Å². The van der Waals surface area contributed by atoms with Crippen LogP contribution in [0.15, 0.2) is 146 Å². The Morgan fingerprint density at radius 2 is 1.37 bits per heavy atom. The third-order valence-corrected chi connectivity index (χ3v) is 10.7.